The first kappa shape index (κ1) is 3.57. The summed E-state index contributed by atoms with van der Waals surface area (Å²) in [6.07, 6.45) is 0. The molecule has 0 atom stereocenters. The largest absolute Gasteiger partial charge is 0.449 e. The second-order valence-electron chi connectivity index (χ2n) is 1.75. The van der Waals surface area contributed by atoms with E-state index >= 15 is 0 Å². The molecular weight excluding hydrogens is 107 g/mol. The predicted molar refractivity (Wildman–Crippen MR) is 30.2 cm³/mol. The van der Waals surface area contributed by atoms with Crippen molar-refractivity contribution in [2.45, 2.75) is 0 Å². The number of rotatable bonds is 0. The average molecular weight is 112 g/mol. The third-order valence-electron chi connectivity index (χ3n) is 1.06. The minimum atomic E-state index is 0.0963. The molecule has 0 aromatic carbocycles. The molecule has 0 unspecified atom stereocenters. The lowest BCUT2D eigenvalue weighted by Crippen LogP contribution is -1.45. The van der Waals surface area contributed by atoms with Crippen molar-refractivity contribution in [1.82, 2.24) is 0 Å². The summed E-state index contributed by atoms with van der Waals surface area (Å²) in [4.78, 5) is 0. The summed E-state index contributed by atoms with van der Waals surface area (Å²) < 4.78 is 4.96. The van der Waals surface area contributed by atoms with Gasteiger partial charge in [-0.25, -0.2) is 0 Å². The molecule has 0 aliphatic carbocycles. The molecule has 7 heavy (non-hydrogen) atoms. The summed E-state index contributed by atoms with van der Waals surface area (Å²) in [5, 5.41) is 0. The molecule has 1 aliphatic rings. The van der Waals surface area contributed by atoms with Gasteiger partial charge in [0.15, 0.2) is 11.5 Å². The van der Waals surface area contributed by atoms with E-state index in [0.29, 0.717) is 0 Å². The molecule has 0 fully saturated rings. The van der Waals surface area contributed by atoms with E-state index in [2.05, 4.69) is 18.3 Å². The summed E-state index contributed by atoms with van der Waals surface area (Å²) in [7, 11) is 0.0963. The molecule has 2 heteroatoms. The van der Waals surface area contributed by atoms with Gasteiger partial charge >= 0.3 is 0 Å². The zero-order chi connectivity index (χ0) is 4.85. The maximum Gasteiger partial charge on any atom is 0.174 e. The maximum atomic E-state index is 4.96. The van der Waals surface area contributed by atoms with E-state index in [1.807, 2.05) is 0 Å². The topological polar surface area (TPSA) is 12.5 Å². The molecule has 0 amide bonds. The molecule has 0 radical (unpaired) electrons. The molecule has 1 aromatic heterocycles. The highest BCUT2D eigenvalue weighted by Gasteiger charge is 2.20. The van der Waals surface area contributed by atoms with E-state index < -0.39 is 0 Å². The predicted octanol–water partition coefficient (Wildman–Crippen LogP) is 2.32. The summed E-state index contributed by atoms with van der Waals surface area (Å²) in [5.41, 5.74) is 0. The van der Waals surface area contributed by atoms with E-state index in [-0.39, 0.29) is 7.53 Å². The van der Waals surface area contributed by atoms with Crippen LogP contribution in [0.25, 0.3) is 0 Å². The Morgan fingerprint density at radius 3 is 2.29 bits per heavy atom. The van der Waals surface area contributed by atoms with Gasteiger partial charge in [0, 0.05) is 11.6 Å². The Morgan fingerprint density at radius 1 is 1.43 bits per heavy atom. The zero-order valence-corrected chi connectivity index (χ0v) is 4.90. The fourth-order valence-electron chi connectivity index (χ4n) is 0.680. The third-order valence-corrected chi connectivity index (χ3v) is 2.35. The quantitative estimate of drug-likeness (QED) is 0.476. The van der Waals surface area contributed by atoms with E-state index in [0.717, 1.165) is 11.5 Å². The van der Waals surface area contributed by atoms with Crippen LogP contribution in [0.4, 0.5) is 0 Å². The summed E-state index contributed by atoms with van der Waals surface area (Å²) in [5.74, 6) is 6.64. The fraction of sp³-hybridized carbons (Fsp3) is 0.200. The monoisotopic (exact) mass is 112 g/mol. The molecule has 1 aromatic rings. The lowest BCUT2D eigenvalue weighted by atomic mass is 10.7. The average Bonchev–Trinajstić information content (AvgIpc) is 2.15. The minimum absolute atomic E-state index is 0.0963. The van der Waals surface area contributed by atoms with Gasteiger partial charge in [0.25, 0.3) is 0 Å². The highest BCUT2D eigenvalue weighted by Crippen LogP contribution is 2.54. The Bertz CT molecular complexity index is 181. The third kappa shape index (κ3) is 0.388. The van der Waals surface area contributed by atoms with Crippen LogP contribution in [0.15, 0.2) is 11.6 Å². The highest BCUT2D eigenvalue weighted by molar-refractivity contribution is 7.47. The van der Waals surface area contributed by atoms with Crippen LogP contribution in [-0.2, 0) is 6.66 Å². The normalized spacial score (nSPS) is 12.7. The Labute approximate surface area is 43.0 Å². The molecule has 0 bridgehead atoms. The lowest BCUT2D eigenvalue weighted by molar-refractivity contribution is 0.649. The van der Waals surface area contributed by atoms with Crippen LogP contribution in [0.3, 0.4) is 0 Å². The van der Waals surface area contributed by atoms with E-state index in [9.17, 15) is 0 Å². The minimum Gasteiger partial charge on any atom is -0.449 e. The van der Waals surface area contributed by atoms with Crippen molar-refractivity contribution in [2.24, 2.45) is 6.66 Å². The molecule has 0 spiro atoms. The Balaban J connectivity index is 2.69. The molecule has 0 N–H and O–H groups in total. The summed E-state index contributed by atoms with van der Waals surface area (Å²) in [6, 6.07) is 0. The van der Waals surface area contributed by atoms with Crippen molar-refractivity contribution in [3.63, 3.8) is 0 Å². The molecule has 2 heterocycles. The van der Waals surface area contributed by atoms with Crippen LogP contribution in [-0.4, -0.2) is 0 Å². The van der Waals surface area contributed by atoms with Gasteiger partial charge in [0.1, 0.15) is 0 Å². The highest BCUT2D eigenvalue weighted by atomic mass is 31.1. The number of aryl methyl sites for hydroxylation is 1. The van der Waals surface area contributed by atoms with Crippen molar-refractivity contribution < 1.29 is 4.74 Å². The smallest absolute Gasteiger partial charge is 0.174 e. The fourth-order valence-corrected chi connectivity index (χ4v) is 1.85. The van der Waals surface area contributed by atoms with Gasteiger partial charge in [-0.3, -0.25) is 0 Å². The van der Waals surface area contributed by atoms with E-state index in [1.165, 1.54) is 0 Å². The Hall–Kier alpha value is -0.420. The first-order chi connectivity index (χ1) is 3.36. The number of hydrogen-bond acceptors (Lipinski definition) is 1. The first-order valence-electron chi connectivity index (χ1n) is 2.20. The number of ether oxygens (including phenoxy) is 1. The van der Waals surface area contributed by atoms with E-state index in [4.69, 9.17) is 4.74 Å². The van der Waals surface area contributed by atoms with Gasteiger partial charge in [-0.05, 0) is 6.66 Å². The van der Waals surface area contributed by atoms with Crippen LogP contribution in [0.1, 0.15) is 0 Å². The van der Waals surface area contributed by atoms with Gasteiger partial charge in [-0.1, -0.05) is 0 Å². The van der Waals surface area contributed by atoms with Gasteiger partial charge in [-0.15, -0.1) is 7.53 Å². The first-order valence-corrected chi connectivity index (χ1v) is 4.13. The van der Waals surface area contributed by atoms with Crippen molar-refractivity contribution >= 4 is 7.53 Å². The second kappa shape index (κ2) is 0.873. The van der Waals surface area contributed by atoms with Crippen LogP contribution in [0.5, 0.6) is 11.5 Å². The standard InChI is InChI=1S/C5H5OP/c1-7-2-4-5(3-7)6-4/h2-3H,1H3. The Morgan fingerprint density at radius 2 is 2.00 bits per heavy atom. The lowest BCUT2D eigenvalue weighted by Gasteiger charge is -1.77. The molecule has 36 valence electrons. The van der Waals surface area contributed by atoms with Gasteiger partial charge in [0.05, 0.1) is 0 Å². The van der Waals surface area contributed by atoms with Gasteiger partial charge < -0.3 is 4.74 Å². The van der Waals surface area contributed by atoms with Crippen LogP contribution < -0.4 is 4.74 Å². The van der Waals surface area contributed by atoms with Crippen LogP contribution >= 0.6 is 7.53 Å². The molecule has 0 saturated heterocycles. The molecule has 0 saturated carbocycles. The molecule has 1 nitrogen and oxygen atoms in total. The number of fused-ring (bicyclic) bond motifs is 1. The van der Waals surface area contributed by atoms with Crippen molar-refractivity contribution in [3.8, 4) is 11.5 Å². The second-order valence-corrected chi connectivity index (χ2v) is 3.60. The number of hydrogen-bond donors (Lipinski definition) is 0. The van der Waals surface area contributed by atoms with Crippen molar-refractivity contribution in [1.29, 1.82) is 0 Å². The summed E-state index contributed by atoms with van der Waals surface area (Å²) >= 11 is 0. The molecular formula is C5H5OP. The van der Waals surface area contributed by atoms with Gasteiger partial charge in [-0.2, -0.15) is 0 Å². The SMILES string of the molecule is Cp1cc2c(c1)O2. The molecule has 2 rings (SSSR count). The van der Waals surface area contributed by atoms with Gasteiger partial charge in [0.2, 0.25) is 0 Å². The zero-order valence-electron chi connectivity index (χ0n) is 4.01. The summed E-state index contributed by atoms with van der Waals surface area (Å²) in [6.45, 7) is 2.21. The van der Waals surface area contributed by atoms with E-state index in [1.54, 1.807) is 0 Å². The Kier molecular flexibility index (Phi) is 0.445. The van der Waals surface area contributed by atoms with Crippen LogP contribution in [0, 0.1) is 0 Å². The maximum absolute atomic E-state index is 4.96. The van der Waals surface area contributed by atoms with Crippen LogP contribution in [0.2, 0.25) is 0 Å². The van der Waals surface area contributed by atoms with Crippen molar-refractivity contribution in [3.05, 3.63) is 11.6 Å². The molecule has 1 aliphatic heterocycles. The van der Waals surface area contributed by atoms with Crippen molar-refractivity contribution in [2.75, 3.05) is 0 Å².